The van der Waals surface area contributed by atoms with Gasteiger partial charge in [0, 0.05) is 30.5 Å². The van der Waals surface area contributed by atoms with Crippen LogP contribution in [0.25, 0.3) is 11.6 Å². The third kappa shape index (κ3) is 4.86. The minimum Gasteiger partial charge on any atom is -0.377 e. The lowest BCUT2D eigenvalue weighted by atomic mass is 9.83. The van der Waals surface area contributed by atoms with Gasteiger partial charge in [-0.25, -0.2) is 0 Å². The zero-order chi connectivity index (χ0) is 23.3. The Bertz CT molecular complexity index is 1170. The van der Waals surface area contributed by atoms with Crippen LogP contribution in [-0.4, -0.2) is 20.3 Å². The number of anilines is 1. The van der Waals surface area contributed by atoms with Crippen molar-refractivity contribution in [1.82, 2.24) is 0 Å². The second-order valence-electron chi connectivity index (χ2n) is 8.92. The van der Waals surface area contributed by atoms with Gasteiger partial charge in [-0.05, 0) is 53.0 Å². The predicted molar refractivity (Wildman–Crippen MR) is 141 cm³/mol. The Labute approximate surface area is 198 Å². The molecular weight excluding hydrogens is 402 g/mol. The van der Waals surface area contributed by atoms with Crippen LogP contribution in [0.2, 0.25) is 0 Å². The monoisotopic (exact) mass is 435 g/mol. The highest BCUT2D eigenvalue weighted by Crippen LogP contribution is 2.46. The van der Waals surface area contributed by atoms with E-state index < -0.39 is 0 Å². The molecule has 1 aliphatic heterocycles. The molecule has 0 spiro atoms. The molecular formula is C31H33NO. The summed E-state index contributed by atoms with van der Waals surface area (Å²) in [7, 11) is 2.16. The molecule has 0 saturated carbocycles. The number of hydrogen-bond acceptors (Lipinski definition) is 2. The minimum atomic E-state index is -0.0609. The number of fused-ring (bicyclic) bond motifs is 1. The summed E-state index contributed by atoms with van der Waals surface area (Å²) >= 11 is 0. The predicted octanol–water partition coefficient (Wildman–Crippen LogP) is 7.50. The van der Waals surface area contributed by atoms with Gasteiger partial charge in [-0.2, -0.15) is 0 Å². The molecule has 0 aromatic heterocycles. The number of para-hydroxylation sites is 1. The molecule has 0 fully saturated rings. The minimum absolute atomic E-state index is 0.0609. The van der Waals surface area contributed by atoms with Crippen LogP contribution in [0.1, 0.15) is 37.5 Å². The van der Waals surface area contributed by atoms with Crippen molar-refractivity contribution in [1.29, 1.82) is 0 Å². The SMILES string of the molecule is CCOCC(=C\C=C1\N(C)c2ccccc2C1(C)C)/C(=C/c1ccccc1)c1ccccc1. The number of likely N-dealkylation sites (N-methyl/N-ethyl adjacent to an activating group) is 1. The van der Waals surface area contributed by atoms with Gasteiger partial charge in [0.15, 0.2) is 0 Å². The van der Waals surface area contributed by atoms with Gasteiger partial charge in [-0.15, -0.1) is 0 Å². The lowest BCUT2D eigenvalue weighted by Crippen LogP contribution is -2.22. The van der Waals surface area contributed by atoms with Crippen LogP contribution < -0.4 is 4.90 Å². The number of ether oxygens (including phenoxy) is 1. The van der Waals surface area contributed by atoms with E-state index in [0.717, 1.165) is 0 Å². The number of nitrogens with zero attached hydrogens (tertiary/aromatic N) is 1. The molecule has 0 N–H and O–H groups in total. The Morgan fingerprint density at radius 2 is 1.52 bits per heavy atom. The van der Waals surface area contributed by atoms with E-state index in [1.54, 1.807) is 0 Å². The molecule has 2 nitrogen and oxygen atoms in total. The van der Waals surface area contributed by atoms with Crippen molar-refractivity contribution in [3.63, 3.8) is 0 Å². The fourth-order valence-corrected chi connectivity index (χ4v) is 4.60. The maximum Gasteiger partial charge on any atom is 0.0722 e. The van der Waals surface area contributed by atoms with Crippen LogP contribution >= 0.6 is 0 Å². The van der Waals surface area contributed by atoms with E-state index in [4.69, 9.17) is 4.74 Å². The molecule has 0 saturated heterocycles. The second-order valence-corrected chi connectivity index (χ2v) is 8.92. The molecule has 33 heavy (non-hydrogen) atoms. The Hall–Kier alpha value is -3.36. The van der Waals surface area contributed by atoms with Crippen LogP contribution in [-0.2, 0) is 10.2 Å². The zero-order valence-corrected chi connectivity index (χ0v) is 20.1. The molecule has 0 radical (unpaired) electrons. The van der Waals surface area contributed by atoms with Gasteiger partial charge in [0.05, 0.1) is 6.61 Å². The first-order valence-corrected chi connectivity index (χ1v) is 11.7. The maximum atomic E-state index is 5.94. The molecule has 3 aromatic rings. The van der Waals surface area contributed by atoms with Gasteiger partial charge < -0.3 is 9.64 Å². The fourth-order valence-electron chi connectivity index (χ4n) is 4.60. The Kier molecular flexibility index (Phi) is 6.96. The topological polar surface area (TPSA) is 12.5 Å². The standard InChI is InChI=1S/C31H33NO/c1-5-33-23-26(20-21-30-31(2,3)28-18-12-13-19-29(28)32(30)4)27(25-16-10-7-11-17-25)22-24-14-8-6-9-15-24/h6-22H,5,23H2,1-4H3/b26-20+,27-22+,30-21+. The Morgan fingerprint density at radius 1 is 0.879 bits per heavy atom. The quantitative estimate of drug-likeness (QED) is 0.281. The Morgan fingerprint density at radius 3 is 2.18 bits per heavy atom. The highest BCUT2D eigenvalue weighted by atomic mass is 16.5. The first kappa shape index (κ1) is 22.8. The van der Waals surface area contributed by atoms with Crippen molar-refractivity contribution in [2.75, 3.05) is 25.2 Å². The average Bonchev–Trinajstić information content (AvgIpc) is 3.04. The molecule has 0 aliphatic carbocycles. The second kappa shape index (κ2) is 10.1. The van der Waals surface area contributed by atoms with Gasteiger partial charge >= 0.3 is 0 Å². The number of benzene rings is 3. The van der Waals surface area contributed by atoms with Crippen molar-refractivity contribution < 1.29 is 4.74 Å². The summed E-state index contributed by atoms with van der Waals surface area (Å²) in [5.74, 6) is 0. The number of rotatable bonds is 7. The summed E-state index contributed by atoms with van der Waals surface area (Å²) in [6.45, 7) is 7.89. The van der Waals surface area contributed by atoms with Gasteiger partial charge in [-0.3, -0.25) is 0 Å². The molecule has 0 amide bonds. The van der Waals surface area contributed by atoms with E-state index in [9.17, 15) is 0 Å². The largest absolute Gasteiger partial charge is 0.377 e. The maximum absolute atomic E-state index is 5.94. The first-order chi connectivity index (χ1) is 16.0. The zero-order valence-electron chi connectivity index (χ0n) is 20.1. The summed E-state index contributed by atoms with van der Waals surface area (Å²) < 4.78 is 5.94. The highest BCUT2D eigenvalue weighted by molar-refractivity contribution is 5.91. The lowest BCUT2D eigenvalue weighted by molar-refractivity contribution is 0.173. The van der Waals surface area contributed by atoms with Crippen LogP contribution in [0.3, 0.4) is 0 Å². The summed E-state index contributed by atoms with van der Waals surface area (Å²) in [4.78, 5) is 2.31. The van der Waals surface area contributed by atoms with Crippen molar-refractivity contribution in [3.8, 4) is 0 Å². The third-order valence-electron chi connectivity index (χ3n) is 6.39. The van der Waals surface area contributed by atoms with Crippen molar-refractivity contribution >= 4 is 17.3 Å². The first-order valence-electron chi connectivity index (χ1n) is 11.7. The van der Waals surface area contributed by atoms with E-state index in [2.05, 4.69) is 129 Å². The summed E-state index contributed by atoms with van der Waals surface area (Å²) in [5.41, 5.74) is 8.57. The molecule has 3 aromatic carbocycles. The van der Waals surface area contributed by atoms with E-state index in [1.165, 1.54) is 39.2 Å². The molecule has 0 bridgehead atoms. The number of hydrogen-bond donors (Lipinski definition) is 0. The molecule has 1 heterocycles. The van der Waals surface area contributed by atoms with Gasteiger partial charge in [0.1, 0.15) is 0 Å². The molecule has 2 heteroatoms. The third-order valence-corrected chi connectivity index (χ3v) is 6.39. The lowest BCUT2D eigenvalue weighted by Gasteiger charge is -2.24. The van der Waals surface area contributed by atoms with Crippen LogP contribution in [0.15, 0.2) is 108 Å². The summed E-state index contributed by atoms with van der Waals surface area (Å²) in [6, 6.07) is 29.8. The van der Waals surface area contributed by atoms with E-state index in [-0.39, 0.29) is 5.41 Å². The normalized spacial score (nSPS) is 16.8. The van der Waals surface area contributed by atoms with E-state index >= 15 is 0 Å². The molecule has 168 valence electrons. The molecule has 0 atom stereocenters. The van der Waals surface area contributed by atoms with Crippen LogP contribution in [0.4, 0.5) is 5.69 Å². The van der Waals surface area contributed by atoms with Crippen molar-refractivity contribution in [3.05, 3.63) is 125 Å². The molecule has 0 unspecified atom stereocenters. The fraction of sp³-hybridized carbons (Fsp3) is 0.226. The highest BCUT2D eigenvalue weighted by Gasteiger charge is 2.37. The van der Waals surface area contributed by atoms with E-state index in [1.807, 2.05) is 6.92 Å². The number of allylic oxidation sites excluding steroid dienone is 3. The van der Waals surface area contributed by atoms with Crippen LogP contribution in [0, 0.1) is 0 Å². The smallest absolute Gasteiger partial charge is 0.0722 e. The van der Waals surface area contributed by atoms with Gasteiger partial charge in [-0.1, -0.05) is 98.8 Å². The molecule has 1 aliphatic rings. The van der Waals surface area contributed by atoms with Crippen LogP contribution in [0.5, 0.6) is 0 Å². The summed E-state index contributed by atoms with van der Waals surface area (Å²) in [6.07, 6.45) is 6.78. The van der Waals surface area contributed by atoms with Gasteiger partial charge in [0.2, 0.25) is 0 Å². The Balaban J connectivity index is 1.82. The molecule has 4 rings (SSSR count). The van der Waals surface area contributed by atoms with E-state index in [0.29, 0.717) is 13.2 Å². The summed E-state index contributed by atoms with van der Waals surface area (Å²) in [5, 5.41) is 0. The average molecular weight is 436 g/mol. The van der Waals surface area contributed by atoms with Crippen molar-refractivity contribution in [2.24, 2.45) is 0 Å². The van der Waals surface area contributed by atoms with Crippen molar-refractivity contribution in [2.45, 2.75) is 26.2 Å². The van der Waals surface area contributed by atoms with Gasteiger partial charge in [0.25, 0.3) is 0 Å².